The fraction of sp³-hybridized carbons (Fsp3) is 0.692. The second-order valence-electron chi connectivity index (χ2n) is 5.26. The van der Waals surface area contributed by atoms with Crippen LogP contribution in [0.15, 0.2) is 0 Å². The summed E-state index contributed by atoms with van der Waals surface area (Å²) in [6.45, 7) is 0.776. The molecule has 0 radical (unpaired) electrons. The number of carboxylic acids is 1. The summed E-state index contributed by atoms with van der Waals surface area (Å²) >= 11 is 2.25. The van der Waals surface area contributed by atoms with Gasteiger partial charge in [-0.3, -0.25) is 4.79 Å². The molecular formula is C13H17IN2O3. The molecule has 1 unspecified atom stereocenters. The zero-order valence-electron chi connectivity index (χ0n) is 10.6. The number of ether oxygens (including phenoxy) is 1. The first-order valence-corrected chi connectivity index (χ1v) is 7.85. The summed E-state index contributed by atoms with van der Waals surface area (Å²) in [4.78, 5) is 11.2. The third-order valence-corrected chi connectivity index (χ3v) is 4.90. The van der Waals surface area contributed by atoms with E-state index in [1.807, 2.05) is 4.68 Å². The van der Waals surface area contributed by atoms with Gasteiger partial charge in [0, 0.05) is 24.3 Å². The van der Waals surface area contributed by atoms with Gasteiger partial charge < -0.3 is 9.84 Å². The monoisotopic (exact) mass is 376 g/mol. The lowest BCUT2D eigenvalue weighted by Gasteiger charge is -2.27. The minimum Gasteiger partial charge on any atom is -0.481 e. The van der Waals surface area contributed by atoms with Gasteiger partial charge in [-0.1, -0.05) is 0 Å². The molecule has 2 aliphatic rings. The van der Waals surface area contributed by atoms with E-state index in [4.69, 9.17) is 4.74 Å². The van der Waals surface area contributed by atoms with E-state index >= 15 is 0 Å². The van der Waals surface area contributed by atoms with Gasteiger partial charge in [-0.15, -0.1) is 0 Å². The number of aliphatic carboxylic acids is 1. The molecule has 1 aliphatic heterocycles. The average Bonchev–Trinajstić information content (AvgIpc) is 2.77. The Balaban J connectivity index is 1.91. The largest absolute Gasteiger partial charge is 0.481 e. The van der Waals surface area contributed by atoms with E-state index in [9.17, 15) is 9.90 Å². The first-order valence-electron chi connectivity index (χ1n) is 6.77. The Hall–Kier alpha value is -0.630. The fourth-order valence-corrected chi connectivity index (χ4v) is 3.77. The predicted molar refractivity (Wildman–Crippen MR) is 76.9 cm³/mol. The topological polar surface area (TPSA) is 64.3 Å². The van der Waals surface area contributed by atoms with E-state index in [2.05, 4.69) is 27.7 Å². The van der Waals surface area contributed by atoms with Gasteiger partial charge in [-0.05, 0) is 54.7 Å². The molecule has 1 N–H and O–H groups in total. The SMILES string of the molecule is O=C(O)[C@H]1CCc2c(I)nn(C3CCCCO3)c2C1. The number of fused-ring (bicyclic) bond motifs is 1. The molecule has 5 nitrogen and oxygen atoms in total. The second-order valence-corrected chi connectivity index (χ2v) is 6.28. The van der Waals surface area contributed by atoms with Crippen molar-refractivity contribution in [2.24, 2.45) is 5.92 Å². The summed E-state index contributed by atoms with van der Waals surface area (Å²) in [5, 5.41) is 13.8. The van der Waals surface area contributed by atoms with Gasteiger partial charge in [0.1, 0.15) is 3.70 Å². The van der Waals surface area contributed by atoms with Crippen molar-refractivity contribution in [3.63, 3.8) is 0 Å². The van der Waals surface area contributed by atoms with Crippen LogP contribution in [-0.4, -0.2) is 27.5 Å². The quantitative estimate of drug-likeness (QED) is 0.806. The Bertz CT molecular complexity index is 494. The van der Waals surface area contributed by atoms with Gasteiger partial charge in [0.15, 0.2) is 6.23 Å². The van der Waals surface area contributed by atoms with Crippen LogP contribution in [0.25, 0.3) is 0 Å². The summed E-state index contributed by atoms with van der Waals surface area (Å²) in [6.07, 6.45) is 5.35. The van der Waals surface area contributed by atoms with Gasteiger partial charge in [-0.25, -0.2) is 4.68 Å². The third-order valence-electron chi connectivity index (χ3n) is 4.03. The van der Waals surface area contributed by atoms with Crippen molar-refractivity contribution in [1.82, 2.24) is 9.78 Å². The first kappa shape index (κ1) is 13.4. The Labute approximate surface area is 125 Å². The van der Waals surface area contributed by atoms with Gasteiger partial charge in [0.25, 0.3) is 0 Å². The summed E-state index contributed by atoms with van der Waals surface area (Å²) < 4.78 is 8.74. The van der Waals surface area contributed by atoms with Crippen LogP contribution < -0.4 is 0 Å². The number of rotatable bonds is 2. The average molecular weight is 376 g/mol. The van der Waals surface area contributed by atoms with E-state index in [0.717, 1.165) is 48.1 Å². The van der Waals surface area contributed by atoms with Crippen LogP contribution in [0.2, 0.25) is 0 Å². The molecule has 1 fully saturated rings. The molecule has 2 atom stereocenters. The van der Waals surface area contributed by atoms with Crippen molar-refractivity contribution in [2.45, 2.75) is 44.8 Å². The van der Waals surface area contributed by atoms with Crippen molar-refractivity contribution < 1.29 is 14.6 Å². The number of hydrogen-bond acceptors (Lipinski definition) is 3. The Kier molecular flexibility index (Phi) is 3.79. The van der Waals surface area contributed by atoms with Crippen LogP contribution in [0.1, 0.15) is 43.2 Å². The lowest BCUT2D eigenvalue weighted by molar-refractivity contribution is -0.142. The van der Waals surface area contributed by atoms with Crippen LogP contribution in [0.3, 0.4) is 0 Å². The molecule has 1 aromatic rings. The van der Waals surface area contributed by atoms with Gasteiger partial charge in [-0.2, -0.15) is 5.10 Å². The van der Waals surface area contributed by atoms with E-state index < -0.39 is 5.97 Å². The second kappa shape index (κ2) is 5.40. The summed E-state index contributed by atoms with van der Waals surface area (Å²) in [6, 6.07) is 0. The molecule has 0 aromatic carbocycles. The minimum atomic E-state index is -0.696. The molecule has 0 saturated carbocycles. The Morgan fingerprint density at radius 3 is 2.95 bits per heavy atom. The Morgan fingerprint density at radius 2 is 2.26 bits per heavy atom. The number of halogens is 1. The highest BCUT2D eigenvalue weighted by Gasteiger charge is 2.31. The zero-order valence-corrected chi connectivity index (χ0v) is 12.8. The lowest BCUT2D eigenvalue weighted by Crippen LogP contribution is -2.27. The van der Waals surface area contributed by atoms with Gasteiger partial charge in [0.2, 0.25) is 0 Å². The van der Waals surface area contributed by atoms with Crippen molar-refractivity contribution in [3.8, 4) is 0 Å². The van der Waals surface area contributed by atoms with Crippen LogP contribution in [0.4, 0.5) is 0 Å². The van der Waals surface area contributed by atoms with Crippen LogP contribution in [0.5, 0.6) is 0 Å². The zero-order chi connectivity index (χ0) is 13.4. The van der Waals surface area contributed by atoms with Crippen molar-refractivity contribution in [3.05, 3.63) is 15.0 Å². The van der Waals surface area contributed by atoms with Gasteiger partial charge in [0.05, 0.1) is 5.92 Å². The number of carboxylic acid groups (broad SMARTS) is 1. The van der Waals surface area contributed by atoms with Crippen LogP contribution in [-0.2, 0) is 22.4 Å². The maximum Gasteiger partial charge on any atom is 0.306 e. The van der Waals surface area contributed by atoms with Gasteiger partial charge >= 0.3 is 5.97 Å². The maximum absolute atomic E-state index is 11.2. The molecule has 1 aliphatic carbocycles. The standard InChI is InChI=1S/C13H17IN2O3/c14-12-9-5-4-8(13(17)18)7-10(9)16(15-12)11-3-1-2-6-19-11/h8,11H,1-7H2,(H,17,18)/t8-,11?/m0/s1. The van der Waals surface area contributed by atoms with E-state index in [1.165, 1.54) is 5.56 Å². The highest BCUT2D eigenvalue weighted by molar-refractivity contribution is 14.1. The smallest absolute Gasteiger partial charge is 0.306 e. The van der Waals surface area contributed by atoms with Crippen molar-refractivity contribution in [1.29, 1.82) is 0 Å². The molecule has 6 heteroatoms. The maximum atomic E-state index is 11.2. The number of nitrogens with zero attached hydrogens (tertiary/aromatic N) is 2. The molecule has 2 heterocycles. The van der Waals surface area contributed by atoms with E-state index in [-0.39, 0.29) is 12.1 Å². The number of hydrogen-bond donors (Lipinski definition) is 1. The third kappa shape index (κ3) is 2.52. The molecule has 104 valence electrons. The van der Waals surface area contributed by atoms with E-state index in [1.54, 1.807) is 0 Å². The minimum absolute atomic E-state index is 0.00133. The molecule has 19 heavy (non-hydrogen) atoms. The molecule has 1 aromatic heterocycles. The molecular weight excluding hydrogens is 359 g/mol. The van der Waals surface area contributed by atoms with Crippen LogP contribution in [0, 0.1) is 9.62 Å². The summed E-state index contributed by atoms with van der Waals surface area (Å²) in [5.41, 5.74) is 2.31. The normalized spacial score (nSPS) is 27.0. The number of aromatic nitrogens is 2. The Morgan fingerprint density at radius 1 is 1.42 bits per heavy atom. The molecule has 0 amide bonds. The fourth-order valence-electron chi connectivity index (χ4n) is 2.96. The molecule has 0 spiro atoms. The summed E-state index contributed by atoms with van der Waals surface area (Å²) in [7, 11) is 0. The van der Waals surface area contributed by atoms with Crippen molar-refractivity contribution >= 4 is 28.6 Å². The molecule has 0 bridgehead atoms. The first-order chi connectivity index (χ1) is 9.16. The predicted octanol–water partition coefficient (Wildman–Crippen LogP) is 2.38. The van der Waals surface area contributed by atoms with Crippen molar-refractivity contribution in [2.75, 3.05) is 6.61 Å². The van der Waals surface area contributed by atoms with E-state index in [0.29, 0.717) is 6.42 Å². The lowest BCUT2D eigenvalue weighted by atomic mass is 9.88. The highest BCUT2D eigenvalue weighted by Crippen LogP contribution is 2.33. The highest BCUT2D eigenvalue weighted by atomic mass is 127. The summed E-state index contributed by atoms with van der Waals surface area (Å²) in [5.74, 6) is -0.972. The molecule has 3 rings (SSSR count). The number of carbonyl (C=O) groups is 1. The van der Waals surface area contributed by atoms with Crippen LogP contribution >= 0.6 is 22.6 Å². The molecule has 1 saturated heterocycles.